The highest BCUT2D eigenvalue weighted by Crippen LogP contribution is 2.33. The maximum Gasteiger partial charge on any atom is 0.330 e. The van der Waals surface area contributed by atoms with Gasteiger partial charge in [0.25, 0.3) is 0 Å². The highest BCUT2D eigenvalue weighted by molar-refractivity contribution is 7.89. The molecule has 1 atom stereocenters. The molecule has 3 N–H and O–H groups in total. The number of amides is 4. The molecule has 0 radical (unpaired) electrons. The predicted molar refractivity (Wildman–Crippen MR) is 73.3 cm³/mol. The van der Waals surface area contributed by atoms with E-state index in [1.807, 2.05) is 0 Å². The van der Waals surface area contributed by atoms with Crippen LogP contribution in [0.2, 0.25) is 0 Å². The van der Waals surface area contributed by atoms with Gasteiger partial charge < -0.3 is 0 Å². The summed E-state index contributed by atoms with van der Waals surface area (Å²) in [5.41, 5.74) is 0. The van der Waals surface area contributed by atoms with E-state index in [9.17, 15) is 22.8 Å². The summed E-state index contributed by atoms with van der Waals surface area (Å²) in [5, 5.41) is 7.06. The number of hydrogen-bond acceptors (Lipinski definition) is 5. The first kappa shape index (κ1) is 15.9. The minimum absolute atomic E-state index is 0.0358. The Kier molecular flexibility index (Phi) is 4.62. The predicted octanol–water partition coefficient (Wildman–Crippen LogP) is -0.450. The molecule has 9 heteroatoms. The van der Waals surface area contributed by atoms with Crippen LogP contribution in [0.3, 0.4) is 0 Å². The fourth-order valence-electron chi connectivity index (χ4n) is 2.97. The van der Waals surface area contributed by atoms with Crippen molar-refractivity contribution in [3.8, 4) is 0 Å². The lowest BCUT2D eigenvalue weighted by Crippen LogP contribution is -2.59. The molecule has 1 saturated carbocycles. The second kappa shape index (κ2) is 6.10. The van der Waals surface area contributed by atoms with Crippen molar-refractivity contribution in [1.82, 2.24) is 10.2 Å². The molecule has 0 spiro atoms. The molecule has 118 valence electrons. The number of barbiturate groups is 1. The summed E-state index contributed by atoms with van der Waals surface area (Å²) in [6.07, 6.45) is 3.60. The largest absolute Gasteiger partial charge is 0.330 e. The second-order valence-corrected chi connectivity index (χ2v) is 7.26. The monoisotopic (exact) mass is 317 g/mol. The third kappa shape index (κ3) is 3.79. The Morgan fingerprint density at radius 3 is 2.38 bits per heavy atom. The van der Waals surface area contributed by atoms with Gasteiger partial charge in [0.15, 0.2) is 0 Å². The molecule has 2 fully saturated rings. The highest BCUT2D eigenvalue weighted by atomic mass is 32.2. The van der Waals surface area contributed by atoms with Gasteiger partial charge in [-0.1, -0.05) is 12.8 Å². The highest BCUT2D eigenvalue weighted by Gasteiger charge is 2.44. The van der Waals surface area contributed by atoms with E-state index in [1.165, 1.54) is 0 Å². The van der Waals surface area contributed by atoms with E-state index in [1.54, 1.807) is 0 Å². The van der Waals surface area contributed by atoms with Crippen LogP contribution in [0.5, 0.6) is 0 Å². The summed E-state index contributed by atoms with van der Waals surface area (Å²) in [5.74, 6) is -2.25. The van der Waals surface area contributed by atoms with E-state index in [0.717, 1.165) is 30.6 Å². The number of sulfonamides is 1. The van der Waals surface area contributed by atoms with E-state index in [2.05, 4.69) is 5.32 Å². The maximum atomic E-state index is 12.4. The molecule has 21 heavy (non-hydrogen) atoms. The molecule has 1 heterocycles. The van der Waals surface area contributed by atoms with Crippen molar-refractivity contribution in [3.05, 3.63) is 0 Å². The van der Waals surface area contributed by atoms with Crippen molar-refractivity contribution < 1.29 is 22.8 Å². The molecule has 1 aliphatic carbocycles. The van der Waals surface area contributed by atoms with Crippen LogP contribution in [0.25, 0.3) is 0 Å². The van der Waals surface area contributed by atoms with Gasteiger partial charge >= 0.3 is 6.03 Å². The molecular weight excluding hydrogens is 298 g/mol. The molecule has 2 aliphatic rings. The quantitative estimate of drug-likeness (QED) is 0.664. The average Bonchev–Trinajstić information content (AvgIpc) is 2.85. The molecule has 1 aliphatic heterocycles. The summed E-state index contributed by atoms with van der Waals surface area (Å²) in [6.45, 7) is -0.0579. The van der Waals surface area contributed by atoms with Gasteiger partial charge in [-0.2, -0.15) is 0 Å². The van der Waals surface area contributed by atoms with Crippen LogP contribution in [0, 0.1) is 11.8 Å². The number of nitrogens with zero attached hydrogens (tertiary/aromatic N) is 1. The molecule has 4 amide bonds. The van der Waals surface area contributed by atoms with Crippen LogP contribution in [0.15, 0.2) is 0 Å². The number of nitrogens with one attached hydrogen (secondary N) is 1. The van der Waals surface area contributed by atoms with Gasteiger partial charge in [0, 0.05) is 6.54 Å². The summed E-state index contributed by atoms with van der Waals surface area (Å²) in [7, 11) is -3.64. The van der Waals surface area contributed by atoms with Crippen LogP contribution in [0.4, 0.5) is 4.79 Å². The number of hydrogen-bond donors (Lipinski definition) is 2. The first-order valence-corrected chi connectivity index (χ1v) is 8.68. The number of nitrogens with two attached hydrogens (primary N) is 1. The molecule has 0 aromatic heterocycles. The molecule has 2 rings (SSSR count). The molecular formula is C12H19N3O5S. The van der Waals surface area contributed by atoms with E-state index >= 15 is 0 Å². The number of imide groups is 2. The lowest BCUT2D eigenvalue weighted by molar-refractivity contribution is -0.145. The Hall–Kier alpha value is -1.48. The topological polar surface area (TPSA) is 127 Å². The molecule has 1 unspecified atom stereocenters. The number of primary sulfonamides is 1. The summed E-state index contributed by atoms with van der Waals surface area (Å²) >= 11 is 0. The van der Waals surface area contributed by atoms with Gasteiger partial charge in [-0.15, -0.1) is 0 Å². The van der Waals surface area contributed by atoms with Gasteiger partial charge in [-0.3, -0.25) is 19.8 Å². The fraction of sp³-hybridized carbons (Fsp3) is 0.750. The van der Waals surface area contributed by atoms with Crippen LogP contribution >= 0.6 is 0 Å². The minimum atomic E-state index is -3.64. The van der Waals surface area contributed by atoms with Crippen molar-refractivity contribution in [2.75, 3.05) is 12.3 Å². The van der Waals surface area contributed by atoms with Crippen molar-refractivity contribution in [3.63, 3.8) is 0 Å². The first-order valence-electron chi connectivity index (χ1n) is 6.96. The van der Waals surface area contributed by atoms with Gasteiger partial charge in [-0.05, 0) is 25.2 Å². The number of carbonyl (C=O) groups excluding carboxylic acids is 3. The zero-order chi connectivity index (χ0) is 15.6. The van der Waals surface area contributed by atoms with Crippen molar-refractivity contribution in [1.29, 1.82) is 0 Å². The maximum absolute atomic E-state index is 12.4. The van der Waals surface area contributed by atoms with E-state index in [0.29, 0.717) is 0 Å². The fourth-order valence-corrected chi connectivity index (χ4v) is 3.50. The third-order valence-corrected chi connectivity index (χ3v) is 4.83. The smallest absolute Gasteiger partial charge is 0.277 e. The van der Waals surface area contributed by atoms with Gasteiger partial charge in [-0.25, -0.2) is 18.4 Å². The standard InChI is InChI=1S/C12H19N3O5S/c13-21(19,20)7-3-6-15-11(17)9(8-4-1-2-5-8)10(16)14-12(15)18/h8-9H,1-7H2,(H2,13,19,20)(H,14,16,18). The van der Waals surface area contributed by atoms with Crippen LogP contribution in [0.1, 0.15) is 32.1 Å². The molecule has 0 aromatic rings. The average molecular weight is 317 g/mol. The van der Waals surface area contributed by atoms with Gasteiger partial charge in [0.05, 0.1) is 5.75 Å². The number of rotatable bonds is 5. The van der Waals surface area contributed by atoms with Gasteiger partial charge in [0.1, 0.15) is 5.92 Å². The van der Waals surface area contributed by atoms with Crippen LogP contribution in [-0.2, 0) is 19.6 Å². The number of urea groups is 1. The minimum Gasteiger partial charge on any atom is -0.277 e. The van der Waals surface area contributed by atoms with Crippen molar-refractivity contribution in [2.45, 2.75) is 32.1 Å². The van der Waals surface area contributed by atoms with E-state index in [4.69, 9.17) is 5.14 Å². The third-order valence-electron chi connectivity index (χ3n) is 3.97. The number of carbonyl (C=O) groups is 3. The zero-order valence-corrected chi connectivity index (χ0v) is 12.4. The molecule has 0 aromatic carbocycles. The lowest BCUT2D eigenvalue weighted by Gasteiger charge is -2.32. The van der Waals surface area contributed by atoms with E-state index < -0.39 is 33.8 Å². The Morgan fingerprint density at radius 2 is 1.81 bits per heavy atom. The van der Waals surface area contributed by atoms with Crippen LogP contribution in [-0.4, -0.2) is 43.5 Å². The summed E-state index contributed by atoms with van der Waals surface area (Å²) < 4.78 is 21.8. The second-order valence-electron chi connectivity index (χ2n) is 5.53. The first-order chi connectivity index (χ1) is 9.79. The molecule has 8 nitrogen and oxygen atoms in total. The molecule has 1 saturated heterocycles. The Bertz CT molecular complexity index is 553. The van der Waals surface area contributed by atoms with Crippen LogP contribution < -0.4 is 10.5 Å². The van der Waals surface area contributed by atoms with Gasteiger partial charge in [0.2, 0.25) is 21.8 Å². The Labute approximate surface area is 123 Å². The normalized spacial score (nSPS) is 24.5. The van der Waals surface area contributed by atoms with E-state index in [-0.39, 0.29) is 24.6 Å². The Morgan fingerprint density at radius 1 is 1.19 bits per heavy atom. The van der Waals surface area contributed by atoms with Crippen molar-refractivity contribution in [2.24, 2.45) is 17.0 Å². The zero-order valence-electron chi connectivity index (χ0n) is 11.6. The Balaban J connectivity index is 2.04. The summed E-state index contributed by atoms with van der Waals surface area (Å²) in [6, 6.07) is -0.784. The summed E-state index contributed by atoms with van der Waals surface area (Å²) in [4.78, 5) is 36.9. The van der Waals surface area contributed by atoms with Crippen molar-refractivity contribution >= 4 is 27.9 Å². The lowest BCUT2D eigenvalue weighted by atomic mass is 9.87. The SMILES string of the molecule is NS(=O)(=O)CCCN1C(=O)NC(=O)C(C2CCCC2)C1=O. The molecule has 0 bridgehead atoms.